The zero-order chi connectivity index (χ0) is 21.4. The Morgan fingerprint density at radius 3 is 1.00 bits per heavy atom. The van der Waals surface area contributed by atoms with Crippen LogP contribution in [0, 0.1) is 0 Å². The molecule has 0 rings (SSSR count). The van der Waals surface area contributed by atoms with Gasteiger partial charge in [0.25, 0.3) is 6.17 Å². The maximum Gasteiger partial charge on any atom is 0.425 e. The van der Waals surface area contributed by atoms with Crippen LogP contribution >= 0.6 is 0 Å². The fraction of sp³-hybridized carbons (Fsp3) is 1.00. The van der Waals surface area contributed by atoms with E-state index in [-0.39, 0.29) is 0 Å². The summed E-state index contributed by atoms with van der Waals surface area (Å²) < 4.78 is 178. The lowest BCUT2D eigenvalue weighted by molar-refractivity contribution is -0.274. The second-order valence-corrected chi connectivity index (χ2v) is 3.71. The summed E-state index contributed by atoms with van der Waals surface area (Å²) in [5, 5.41) is 0. The van der Waals surface area contributed by atoms with E-state index in [0.717, 1.165) is 0 Å². The number of rotatable bonds is 3. The van der Waals surface area contributed by atoms with Gasteiger partial charge in [0, 0.05) is 0 Å². The van der Waals surface area contributed by atoms with Gasteiger partial charge in [-0.2, -0.15) is 48.3 Å². The van der Waals surface area contributed by atoms with Gasteiger partial charge in [0.05, 0.1) is 13.6 Å². The van der Waals surface area contributed by atoms with Gasteiger partial charge in [-0.25, -0.2) is 17.6 Å². The molecule has 0 aromatic rings. The minimum Gasteiger partial charge on any atom is -0.255 e. The van der Waals surface area contributed by atoms with Crippen LogP contribution in [0.3, 0.4) is 0 Å². The monoisotopic (exact) mass is 420 g/mol. The molecule has 0 aromatic heterocycles. The third-order valence-electron chi connectivity index (χ3n) is 1.68. The molecule has 0 radical (unpaired) electrons. The molecule has 0 saturated carbocycles. The highest BCUT2D eigenvalue weighted by atomic mass is 19.4. The van der Waals surface area contributed by atoms with Gasteiger partial charge < -0.3 is 0 Å². The molecule has 0 bridgehead atoms. The van der Waals surface area contributed by atoms with Crippen molar-refractivity contribution in [3.05, 3.63) is 0 Å². The van der Waals surface area contributed by atoms with Crippen molar-refractivity contribution in [1.82, 2.24) is 0 Å². The zero-order valence-corrected chi connectivity index (χ0v) is 11.5. The van der Waals surface area contributed by atoms with Gasteiger partial charge in [-0.05, 0) is 0 Å². The van der Waals surface area contributed by atoms with Crippen molar-refractivity contribution >= 4 is 0 Å². The van der Waals surface area contributed by atoms with Crippen molar-refractivity contribution in [2.45, 2.75) is 49.6 Å². The molecule has 0 aliphatic rings. The van der Waals surface area contributed by atoms with Gasteiger partial charge in [0.1, 0.15) is 0 Å². The van der Waals surface area contributed by atoms with E-state index < -0.39 is 49.6 Å². The summed E-state index contributed by atoms with van der Waals surface area (Å²) in [6.45, 7) is 0. The Morgan fingerprint density at radius 2 is 0.920 bits per heavy atom. The Hall–Kier alpha value is -1.12. The molecular formula is C9H8F16. The molecular weight excluding hydrogens is 412 g/mol. The third-order valence-corrected chi connectivity index (χ3v) is 1.68. The maximum atomic E-state index is 11.6. The molecule has 0 saturated heterocycles. The molecule has 0 heterocycles. The summed E-state index contributed by atoms with van der Waals surface area (Å²) in [5.41, 5.74) is 0. The quantitative estimate of drug-likeness (QED) is 0.477. The third kappa shape index (κ3) is 12.8. The van der Waals surface area contributed by atoms with Gasteiger partial charge >= 0.3 is 30.9 Å². The molecule has 0 aromatic carbocycles. The van der Waals surface area contributed by atoms with E-state index in [9.17, 15) is 70.2 Å². The molecule has 16 heteroatoms. The molecule has 0 N–H and O–H groups in total. The normalized spacial score (nSPS) is 15.6. The summed E-state index contributed by atoms with van der Waals surface area (Å²) in [4.78, 5) is 0. The predicted molar refractivity (Wildman–Crippen MR) is 50.6 cm³/mol. The Balaban J connectivity index is -0.000000353. The highest BCUT2D eigenvalue weighted by molar-refractivity contribution is 4.84. The maximum absolute atomic E-state index is 11.6. The smallest absolute Gasteiger partial charge is 0.255 e. The van der Waals surface area contributed by atoms with Gasteiger partial charge in [-0.1, -0.05) is 0 Å². The van der Waals surface area contributed by atoms with Crippen LogP contribution in [0.2, 0.25) is 0 Å². The fourth-order valence-corrected chi connectivity index (χ4v) is 0.648. The first-order valence-corrected chi connectivity index (χ1v) is 5.25. The van der Waals surface area contributed by atoms with Crippen molar-refractivity contribution in [3.63, 3.8) is 0 Å². The SMILES string of the molecule is CF.FC(CC(F)(F)F)C(F)(F)F.FC(F)C(F)(F)C(F)C(F)(F)F. The van der Waals surface area contributed by atoms with Crippen molar-refractivity contribution in [3.8, 4) is 0 Å². The lowest BCUT2D eigenvalue weighted by Crippen LogP contribution is -2.46. The minimum atomic E-state index is -5.97. The average Bonchev–Trinajstić information content (AvgIpc) is 2.36. The summed E-state index contributed by atoms with van der Waals surface area (Å²) in [5.74, 6) is -5.68. The van der Waals surface area contributed by atoms with Crippen LogP contribution in [0.25, 0.3) is 0 Å². The first kappa shape index (κ1) is 28.7. The van der Waals surface area contributed by atoms with Crippen LogP contribution in [-0.2, 0) is 0 Å². The summed E-state index contributed by atoms with van der Waals surface area (Å²) in [7, 11) is 0.500. The highest BCUT2D eigenvalue weighted by Crippen LogP contribution is 2.38. The van der Waals surface area contributed by atoms with Crippen LogP contribution in [0.5, 0.6) is 0 Å². The topological polar surface area (TPSA) is 0 Å². The second kappa shape index (κ2) is 10.1. The lowest BCUT2D eigenvalue weighted by Gasteiger charge is -2.21. The first-order chi connectivity index (χ1) is 10.7. The molecule has 0 fully saturated rings. The van der Waals surface area contributed by atoms with Crippen molar-refractivity contribution in [1.29, 1.82) is 0 Å². The predicted octanol–water partition coefficient (Wildman–Crippen LogP) is 6.21. The van der Waals surface area contributed by atoms with Crippen LogP contribution in [0.15, 0.2) is 0 Å². The standard InChI is InChI=1S/C4H2F8.C4H3F7.CH3F/c5-1(4(10,11)12)3(8,9)2(6)7;5-2(4(9,10)11)1-3(6,7)8;1-2/h1-2H;2H,1H2;1H3. The van der Waals surface area contributed by atoms with E-state index >= 15 is 0 Å². The van der Waals surface area contributed by atoms with Gasteiger partial charge in [-0.3, -0.25) is 4.39 Å². The molecule has 25 heavy (non-hydrogen) atoms. The zero-order valence-electron chi connectivity index (χ0n) is 11.5. The van der Waals surface area contributed by atoms with E-state index in [2.05, 4.69) is 0 Å². The fourth-order valence-electron chi connectivity index (χ4n) is 0.648. The van der Waals surface area contributed by atoms with E-state index in [1.807, 2.05) is 0 Å². The molecule has 2 unspecified atom stereocenters. The van der Waals surface area contributed by atoms with E-state index in [0.29, 0.717) is 7.18 Å². The Morgan fingerprint density at radius 1 is 0.600 bits per heavy atom. The number of halogens is 16. The second-order valence-electron chi connectivity index (χ2n) is 3.71. The first-order valence-electron chi connectivity index (χ1n) is 5.25. The highest BCUT2D eigenvalue weighted by Gasteiger charge is 2.61. The molecule has 2 atom stereocenters. The molecule has 0 spiro atoms. The molecule has 156 valence electrons. The Bertz CT molecular complexity index is 335. The largest absolute Gasteiger partial charge is 0.425 e. The molecule has 0 amide bonds. The van der Waals surface area contributed by atoms with Gasteiger partial charge in [0.15, 0.2) is 0 Å². The summed E-state index contributed by atoms with van der Waals surface area (Å²) >= 11 is 0. The number of hydrogen-bond acceptors (Lipinski definition) is 0. The lowest BCUT2D eigenvalue weighted by atomic mass is 10.2. The Labute approximate surface area is 128 Å². The van der Waals surface area contributed by atoms with Crippen LogP contribution in [0.1, 0.15) is 6.42 Å². The number of hydrogen-bond donors (Lipinski definition) is 0. The molecule has 0 nitrogen and oxygen atoms in total. The van der Waals surface area contributed by atoms with Crippen molar-refractivity contribution in [2.75, 3.05) is 7.18 Å². The van der Waals surface area contributed by atoms with Crippen LogP contribution in [0.4, 0.5) is 70.2 Å². The van der Waals surface area contributed by atoms with Crippen molar-refractivity contribution < 1.29 is 70.2 Å². The molecule has 0 aliphatic heterocycles. The van der Waals surface area contributed by atoms with E-state index in [1.54, 1.807) is 0 Å². The average molecular weight is 420 g/mol. The van der Waals surface area contributed by atoms with Crippen LogP contribution < -0.4 is 0 Å². The van der Waals surface area contributed by atoms with Gasteiger partial charge in [0.2, 0.25) is 6.17 Å². The minimum absolute atomic E-state index is 0.500. The van der Waals surface area contributed by atoms with Crippen molar-refractivity contribution in [2.24, 2.45) is 0 Å². The molecule has 0 aliphatic carbocycles. The van der Waals surface area contributed by atoms with Gasteiger partial charge in [-0.15, -0.1) is 0 Å². The van der Waals surface area contributed by atoms with Crippen LogP contribution in [-0.4, -0.2) is 50.4 Å². The van der Waals surface area contributed by atoms with E-state index in [1.165, 1.54) is 0 Å². The summed E-state index contributed by atoms with van der Waals surface area (Å²) in [6.07, 6.45) is -32.3. The number of alkyl halides is 16. The summed E-state index contributed by atoms with van der Waals surface area (Å²) in [6, 6.07) is 0. The Kier molecular flexibility index (Phi) is 11.6. The van der Waals surface area contributed by atoms with E-state index in [4.69, 9.17) is 0 Å².